The summed E-state index contributed by atoms with van der Waals surface area (Å²) in [4.78, 5) is 18.9. The summed E-state index contributed by atoms with van der Waals surface area (Å²) in [5, 5.41) is 0.762. The second kappa shape index (κ2) is 6.67. The first-order valence-corrected chi connectivity index (χ1v) is 8.11. The van der Waals surface area contributed by atoms with Crippen LogP contribution in [-0.2, 0) is 4.79 Å². The maximum absolute atomic E-state index is 12.3. The Morgan fingerprint density at radius 3 is 2.19 bits per heavy atom. The van der Waals surface area contributed by atoms with Crippen LogP contribution >= 0.6 is 11.6 Å². The quantitative estimate of drug-likeness (QED) is 0.855. The fourth-order valence-electron chi connectivity index (χ4n) is 3.10. The molecular formula is C16H22ClN3O. The zero-order valence-corrected chi connectivity index (χ0v) is 13.1. The molecule has 1 aromatic carbocycles. The Labute approximate surface area is 131 Å². The molecule has 1 aromatic rings. The van der Waals surface area contributed by atoms with Gasteiger partial charge in [0.1, 0.15) is 0 Å². The second-order valence-corrected chi connectivity index (χ2v) is 6.26. The van der Waals surface area contributed by atoms with Crippen molar-refractivity contribution in [3.63, 3.8) is 0 Å². The number of anilines is 1. The molecule has 0 spiro atoms. The normalized spacial score (nSPS) is 20.0. The number of hydrogen-bond donors (Lipinski definition) is 0. The number of carbonyl (C=O) groups excluding carboxylic acids is 1. The van der Waals surface area contributed by atoms with E-state index in [0.29, 0.717) is 6.54 Å². The van der Waals surface area contributed by atoms with E-state index in [1.165, 1.54) is 18.5 Å². The van der Waals surface area contributed by atoms with Gasteiger partial charge in [-0.05, 0) is 50.2 Å². The highest BCUT2D eigenvalue weighted by molar-refractivity contribution is 6.30. The van der Waals surface area contributed by atoms with Crippen molar-refractivity contribution in [1.82, 2.24) is 9.80 Å². The van der Waals surface area contributed by atoms with Crippen molar-refractivity contribution in [2.24, 2.45) is 0 Å². The first-order valence-electron chi connectivity index (χ1n) is 7.73. The van der Waals surface area contributed by atoms with Gasteiger partial charge in [0.05, 0.1) is 6.54 Å². The van der Waals surface area contributed by atoms with E-state index in [0.717, 1.165) is 44.3 Å². The largest absolute Gasteiger partial charge is 0.368 e. The summed E-state index contributed by atoms with van der Waals surface area (Å²) in [6, 6.07) is 7.93. The second-order valence-electron chi connectivity index (χ2n) is 5.83. The van der Waals surface area contributed by atoms with E-state index in [1.54, 1.807) is 0 Å². The summed E-state index contributed by atoms with van der Waals surface area (Å²) in [5.41, 5.74) is 1.19. The first kappa shape index (κ1) is 14.7. The van der Waals surface area contributed by atoms with E-state index in [1.807, 2.05) is 29.2 Å². The van der Waals surface area contributed by atoms with Gasteiger partial charge in [-0.25, -0.2) is 0 Å². The molecule has 114 valence electrons. The molecule has 2 aliphatic rings. The van der Waals surface area contributed by atoms with E-state index in [9.17, 15) is 4.79 Å². The Hall–Kier alpha value is -1.26. The predicted octanol–water partition coefficient (Wildman–Crippen LogP) is 2.08. The van der Waals surface area contributed by atoms with E-state index in [4.69, 9.17) is 11.6 Å². The highest BCUT2D eigenvalue weighted by Crippen LogP contribution is 2.19. The van der Waals surface area contributed by atoms with Crippen LogP contribution in [0.3, 0.4) is 0 Å². The van der Waals surface area contributed by atoms with Gasteiger partial charge in [-0.2, -0.15) is 0 Å². The van der Waals surface area contributed by atoms with Gasteiger partial charge in [-0.15, -0.1) is 0 Å². The molecule has 2 saturated heterocycles. The Kier molecular flexibility index (Phi) is 4.66. The molecule has 2 heterocycles. The van der Waals surface area contributed by atoms with Gasteiger partial charge in [-0.1, -0.05) is 11.6 Å². The minimum Gasteiger partial charge on any atom is -0.368 e. The Bertz CT molecular complexity index is 477. The number of nitrogens with zero attached hydrogens (tertiary/aromatic N) is 3. The Morgan fingerprint density at radius 1 is 0.952 bits per heavy atom. The number of amides is 1. The molecule has 2 aliphatic heterocycles. The van der Waals surface area contributed by atoms with Gasteiger partial charge in [-0.3, -0.25) is 9.69 Å². The molecular weight excluding hydrogens is 286 g/mol. The lowest BCUT2D eigenvalue weighted by atomic mass is 10.2. The number of piperazine rings is 1. The molecule has 0 radical (unpaired) electrons. The monoisotopic (exact) mass is 307 g/mol. The van der Waals surface area contributed by atoms with Gasteiger partial charge < -0.3 is 9.80 Å². The van der Waals surface area contributed by atoms with Crippen LogP contribution in [-0.4, -0.2) is 61.5 Å². The van der Waals surface area contributed by atoms with Crippen LogP contribution in [0.2, 0.25) is 5.02 Å². The third kappa shape index (κ3) is 3.69. The topological polar surface area (TPSA) is 26.8 Å². The summed E-state index contributed by atoms with van der Waals surface area (Å²) in [5.74, 6) is 0.285. The van der Waals surface area contributed by atoms with E-state index >= 15 is 0 Å². The van der Waals surface area contributed by atoms with Crippen LogP contribution in [0.1, 0.15) is 12.8 Å². The smallest absolute Gasteiger partial charge is 0.236 e. The molecule has 4 nitrogen and oxygen atoms in total. The van der Waals surface area contributed by atoms with Crippen LogP contribution in [0.5, 0.6) is 0 Å². The summed E-state index contributed by atoms with van der Waals surface area (Å²) in [6.45, 7) is 6.18. The minimum atomic E-state index is 0.285. The Morgan fingerprint density at radius 2 is 1.57 bits per heavy atom. The van der Waals surface area contributed by atoms with Gasteiger partial charge in [0.25, 0.3) is 0 Å². The lowest BCUT2D eigenvalue weighted by Crippen LogP contribution is -2.51. The van der Waals surface area contributed by atoms with Crippen molar-refractivity contribution in [2.75, 3.05) is 50.7 Å². The fourth-order valence-corrected chi connectivity index (χ4v) is 3.22. The SMILES string of the molecule is O=C(CN1CCCC1)N1CCN(c2ccc(Cl)cc2)CC1. The highest BCUT2D eigenvalue weighted by Gasteiger charge is 2.23. The molecule has 0 aromatic heterocycles. The van der Waals surface area contributed by atoms with Crippen molar-refractivity contribution in [3.05, 3.63) is 29.3 Å². The van der Waals surface area contributed by atoms with Crippen LogP contribution < -0.4 is 4.90 Å². The lowest BCUT2D eigenvalue weighted by Gasteiger charge is -2.36. The molecule has 0 N–H and O–H groups in total. The van der Waals surface area contributed by atoms with Crippen molar-refractivity contribution in [1.29, 1.82) is 0 Å². The van der Waals surface area contributed by atoms with Crippen LogP contribution in [0, 0.1) is 0 Å². The molecule has 0 unspecified atom stereocenters. The molecule has 21 heavy (non-hydrogen) atoms. The van der Waals surface area contributed by atoms with Gasteiger partial charge >= 0.3 is 0 Å². The third-order valence-corrected chi connectivity index (χ3v) is 4.63. The van der Waals surface area contributed by atoms with E-state index in [-0.39, 0.29) is 5.91 Å². The van der Waals surface area contributed by atoms with Crippen molar-refractivity contribution in [3.8, 4) is 0 Å². The summed E-state index contributed by atoms with van der Waals surface area (Å²) < 4.78 is 0. The molecule has 1 amide bonds. The van der Waals surface area contributed by atoms with Gasteiger partial charge in [0.2, 0.25) is 5.91 Å². The molecule has 3 rings (SSSR count). The lowest BCUT2D eigenvalue weighted by molar-refractivity contribution is -0.132. The minimum absolute atomic E-state index is 0.285. The van der Waals surface area contributed by atoms with Crippen LogP contribution in [0.25, 0.3) is 0 Å². The Balaban J connectivity index is 1.50. The third-order valence-electron chi connectivity index (χ3n) is 4.38. The molecule has 0 aliphatic carbocycles. The van der Waals surface area contributed by atoms with E-state index < -0.39 is 0 Å². The standard InChI is InChI=1S/C16H22ClN3O/c17-14-3-5-15(6-4-14)19-9-11-20(12-10-19)16(21)13-18-7-1-2-8-18/h3-6H,1-2,7-13H2. The highest BCUT2D eigenvalue weighted by atomic mass is 35.5. The van der Waals surface area contributed by atoms with Gasteiger partial charge in [0, 0.05) is 36.9 Å². The number of carbonyl (C=O) groups is 1. The summed E-state index contributed by atoms with van der Waals surface area (Å²) in [6.07, 6.45) is 2.47. The van der Waals surface area contributed by atoms with Crippen LogP contribution in [0.15, 0.2) is 24.3 Å². The molecule has 0 bridgehead atoms. The molecule has 2 fully saturated rings. The van der Waals surface area contributed by atoms with Crippen molar-refractivity contribution < 1.29 is 4.79 Å². The zero-order chi connectivity index (χ0) is 14.7. The van der Waals surface area contributed by atoms with Crippen LogP contribution in [0.4, 0.5) is 5.69 Å². The maximum Gasteiger partial charge on any atom is 0.236 e. The average molecular weight is 308 g/mol. The number of benzene rings is 1. The summed E-state index contributed by atoms with van der Waals surface area (Å²) >= 11 is 5.92. The summed E-state index contributed by atoms with van der Waals surface area (Å²) in [7, 11) is 0. The first-order chi connectivity index (χ1) is 10.2. The van der Waals surface area contributed by atoms with Crippen molar-refractivity contribution >= 4 is 23.2 Å². The molecule has 0 saturated carbocycles. The number of likely N-dealkylation sites (tertiary alicyclic amines) is 1. The zero-order valence-electron chi connectivity index (χ0n) is 12.3. The number of hydrogen-bond acceptors (Lipinski definition) is 3. The van der Waals surface area contributed by atoms with Crippen molar-refractivity contribution in [2.45, 2.75) is 12.8 Å². The molecule has 0 atom stereocenters. The maximum atomic E-state index is 12.3. The molecule has 5 heteroatoms. The average Bonchev–Trinajstić information content (AvgIpc) is 3.01. The number of rotatable bonds is 3. The fraction of sp³-hybridized carbons (Fsp3) is 0.562. The van der Waals surface area contributed by atoms with Gasteiger partial charge in [0.15, 0.2) is 0 Å². The van der Waals surface area contributed by atoms with E-state index in [2.05, 4.69) is 9.80 Å². The predicted molar refractivity (Wildman–Crippen MR) is 85.9 cm³/mol. The number of halogens is 1.